The second-order valence-electron chi connectivity index (χ2n) is 4.72. The zero-order valence-corrected chi connectivity index (χ0v) is 12.6. The SMILES string of the molecule is CCN(Cc1cc(C)nn1CC)CC(C)C(N)=S. The molecule has 0 aliphatic rings. The predicted octanol–water partition coefficient (Wildman–Crippen LogP) is 1.96. The van der Waals surface area contributed by atoms with Crippen molar-refractivity contribution in [2.75, 3.05) is 13.1 Å². The summed E-state index contributed by atoms with van der Waals surface area (Å²) in [7, 11) is 0. The van der Waals surface area contributed by atoms with Crippen molar-refractivity contribution >= 4 is 17.2 Å². The molecule has 102 valence electrons. The summed E-state index contributed by atoms with van der Waals surface area (Å²) in [5.74, 6) is 0.249. The number of thiocarbonyl (C=S) groups is 1. The van der Waals surface area contributed by atoms with Gasteiger partial charge in [0.05, 0.1) is 16.4 Å². The van der Waals surface area contributed by atoms with E-state index in [1.54, 1.807) is 0 Å². The summed E-state index contributed by atoms with van der Waals surface area (Å²) in [5.41, 5.74) is 8.01. The van der Waals surface area contributed by atoms with E-state index in [0.29, 0.717) is 4.99 Å². The molecule has 2 N–H and O–H groups in total. The Hall–Kier alpha value is -0.940. The number of nitrogens with zero attached hydrogens (tertiary/aromatic N) is 3. The van der Waals surface area contributed by atoms with E-state index in [1.807, 2.05) is 6.92 Å². The van der Waals surface area contributed by atoms with Gasteiger partial charge in [-0.1, -0.05) is 26.1 Å². The molecule has 0 bridgehead atoms. The fourth-order valence-electron chi connectivity index (χ4n) is 2.01. The second-order valence-corrected chi connectivity index (χ2v) is 5.20. The van der Waals surface area contributed by atoms with Crippen molar-refractivity contribution in [3.8, 4) is 0 Å². The Labute approximate surface area is 115 Å². The zero-order chi connectivity index (χ0) is 13.7. The molecule has 5 heteroatoms. The number of nitrogens with two attached hydrogens (primary N) is 1. The first-order valence-corrected chi connectivity index (χ1v) is 6.93. The summed E-state index contributed by atoms with van der Waals surface area (Å²) in [5, 5.41) is 4.47. The van der Waals surface area contributed by atoms with E-state index in [1.165, 1.54) is 5.69 Å². The molecule has 1 unspecified atom stereocenters. The van der Waals surface area contributed by atoms with Gasteiger partial charge in [0, 0.05) is 25.6 Å². The minimum Gasteiger partial charge on any atom is -0.393 e. The number of aromatic nitrogens is 2. The summed E-state index contributed by atoms with van der Waals surface area (Å²) in [6, 6.07) is 2.15. The van der Waals surface area contributed by atoms with Gasteiger partial charge in [-0.3, -0.25) is 9.58 Å². The molecule has 1 rings (SSSR count). The van der Waals surface area contributed by atoms with Crippen LogP contribution in [0, 0.1) is 12.8 Å². The van der Waals surface area contributed by atoms with Crippen molar-refractivity contribution in [1.29, 1.82) is 0 Å². The summed E-state index contributed by atoms with van der Waals surface area (Å²) in [6.07, 6.45) is 0. The minimum absolute atomic E-state index is 0.249. The maximum absolute atomic E-state index is 5.68. The van der Waals surface area contributed by atoms with Crippen molar-refractivity contribution in [2.24, 2.45) is 11.7 Å². The lowest BCUT2D eigenvalue weighted by Gasteiger charge is -2.23. The van der Waals surface area contributed by atoms with Crippen LogP contribution in [0.25, 0.3) is 0 Å². The highest BCUT2D eigenvalue weighted by molar-refractivity contribution is 7.80. The van der Waals surface area contributed by atoms with Crippen LogP contribution in [0.3, 0.4) is 0 Å². The summed E-state index contributed by atoms with van der Waals surface area (Å²) in [6.45, 7) is 12.1. The number of hydrogen-bond acceptors (Lipinski definition) is 3. The Morgan fingerprint density at radius 3 is 2.72 bits per heavy atom. The van der Waals surface area contributed by atoms with Crippen LogP contribution in [0.15, 0.2) is 6.07 Å². The van der Waals surface area contributed by atoms with Crippen molar-refractivity contribution < 1.29 is 0 Å². The topological polar surface area (TPSA) is 47.1 Å². The fraction of sp³-hybridized carbons (Fsp3) is 0.692. The molecular formula is C13H24N4S. The first-order chi connectivity index (χ1) is 8.47. The normalized spacial score (nSPS) is 12.9. The molecule has 0 spiro atoms. The summed E-state index contributed by atoms with van der Waals surface area (Å²) < 4.78 is 2.06. The third kappa shape index (κ3) is 4.07. The second kappa shape index (κ2) is 6.85. The molecule has 0 radical (unpaired) electrons. The highest BCUT2D eigenvalue weighted by atomic mass is 32.1. The highest BCUT2D eigenvalue weighted by Gasteiger charge is 2.13. The molecule has 1 aromatic rings. The van der Waals surface area contributed by atoms with Crippen LogP contribution in [-0.4, -0.2) is 32.8 Å². The van der Waals surface area contributed by atoms with E-state index in [0.717, 1.165) is 31.9 Å². The van der Waals surface area contributed by atoms with Crippen molar-refractivity contribution in [1.82, 2.24) is 14.7 Å². The van der Waals surface area contributed by atoms with Crippen LogP contribution in [-0.2, 0) is 13.1 Å². The smallest absolute Gasteiger partial charge is 0.0768 e. The van der Waals surface area contributed by atoms with Gasteiger partial charge in [0.25, 0.3) is 0 Å². The van der Waals surface area contributed by atoms with Gasteiger partial charge >= 0.3 is 0 Å². The summed E-state index contributed by atoms with van der Waals surface area (Å²) >= 11 is 5.04. The molecule has 1 heterocycles. The number of hydrogen-bond donors (Lipinski definition) is 1. The Kier molecular flexibility index (Phi) is 5.75. The van der Waals surface area contributed by atoms with Crippen molar-refractivity contribution in [2.45, 2.75) is 40.8 Å². The molecule has 0 saturated carbocycles. The molecule has 0 aliphatic heterocycles. The molecule has 1 atom stereocenters. The lowest BCUT2D eigenvalue weighted by atomic mass is 10.1. The van der Waals surface area contributed by atoms with Gasteiger partial charge in [-0.05, 0) is 26.5 Å². The van der Waals surface area contributed by atoms with E-state index in [2.05, 4.69) is 41.5 Å². The number of rotatable bonds is 7. The summed E-state index contributed by atoms with van der Waals surface area (Å²) in [4.78, 5) is 2.94. The lowest BCUT2D eigenvalue weighted by Crippen LogP contribution is -2.34. The molecule has 0 amide bonds. The average molecular weight is 268 g/mol. The Morgan fingerprint density at radius 2 is 2.22 bits per heavy atom. The molecule has 1 aromatic heterocycles. The van der Waals surface area contributed by atoms with Gasteiger partial charge in [-0.15, -0.1) is 0 Å². The van der Waals surface area contributed by atoms with Gasteiger partial charge in [0.15, 0.2) is 0 Å². The van der Waals surface area contributed by atoms with Gasteiger partial charge in [-0.2, -0.15) is 5.10 Å². The first kappa shape index (κ1) is 15.1. The van der Waals surface area contributed by atoms with Crippen LogP contribution >= 0.6 is 12.2 Å². The molecule has 4 nitrogen and oxygen atoms in total. The molecular weight excluding hydrogens is 244 g/mol. The van der Waals surface area contributed by atoms with Crippen molar-refractivity contribution in [3.63, 3.8) is 0 Å². The highest BCUT2D eigenvalue weighted by Crippen LogP contribution is 2.10. The van der Waals surface area contributed by atoms with E-state index in [-0.39, 0.29) is 5.92 Å². The molecule has 0 aromatic carbocycles. The molecule has 0 saturated heterocycles. The minimum atomic E-state index is 0.249. The quantitative estimate of drug-likeness (QED) is 0.768. The lowest BCUT2D eigenvalue weighted by molar-refractivity contribution is 0.256. The fourth-order valence-corrected chi connectivity index (χ4v) is 2.09. The first-order valence-electron chi connectivity index (χ1n) is 6.52. The van der Waals surface area contributed by atoms with Gasteiger partial charge < -0.3 is 5.73 Å². The van der Waals surface area contributed by atoms with Crippen LogP contribution in [0.2, 0.25) is 0 Å². The molecule has 0 fully saturated rings. The van der Waals surface area contributed by atoms with Crippen LogP contribution in [0.1, 0.15) is 32.2 Å². The molecule has 18 heavy (non-hydrogen) atoms. The van der Waals surface area contributed by atoms with E-state index >= 15 is 0 Å². The van der Waals surface area contributed by atoms with E-state index in [4.69, 9.17) is 18.0 Å². The van der Waals surface area contributed by atoms with E-state index in [9.17, 15) is 0 Å². The Morgan fingerprint density at radius 1 is 1.56 bits per heavy atom. The van der Waals surface area contributed by atoms with Crippen LogP contribution < -0.4 is 5.73 Å². The van der Waals surface area contributed by atoms with Crippen molar-refractivity contribution in [3.05, 3.63) is 17.5 Å². The standard InChI is InChI=1S/C13H24N4S/c1-5-16(8-10(3)13(14)18)9-12-7-11(4)15-17(12)6-2/h7,10H,5-6,8-9H2,1-4H3,(H2,14,18). The van der Waals surface area contributed by atoms with Crippen LogP contribution in [0.5, 0.6) is 0 Å². The maximum Gasteiger partial charge on any atom is 0.0768 e. The average Bonchev–Trinajstić information content (AvgIpc) is 2.68. The monoisotopic (exact) mass is 268 g/mol. The third-order valence-electron chi connectivity index (χ3n) is 3.14. The third-order valence-corrected chi connectivity index (χ3v) is 3.54. The van der Waals surface area contributed by atoms with Crippen LogP contribution in [0.4, 0.5) is 0 Å². The predicted molar refractivity (Wildman–Crippen MR) is 79.5 cm³/mol. The molecule has 0 aliphatic carbocycles. The number of aryl methyl sites for hydroxylation is 2. The van der Waals surface area contributed by atoms with Gasteiger partial charge in [0.2, 0.25) is 0 Å². The van der Waals surface area contributed by atoms with E-state index < -0.39 is 0 Å². The van der Waals surface area contributed by atoms with Gasteiger partial charge in [0.1, 0.15) is 0 Å². The Bertz CT molecular complexity index is 400. The zero-order valence-electron chi connectivity index (χ0n) is 11.8. The maximum atomic E-state index is 5.68. The van der Waals surface area contributed by atoms with Gasteiger partial charge in [-0.25, -0.2) is 0 Å². The largest absolute Gasteiger partial charge is 0.393 e. The Balaban J connectivity index is 2.70.